The summed E-state index contributed by atoms with van der Waals surface area (Å²) >= 11 is 6.13. The first-order valence-electron chi connectivity index (χ1n) is 6.56. The minimum absolute atomic E-state index is 0.392. The summed E-state index contributed by atoms with van der Waals surface area (Å²) in [5.41, 5.74) is 0.392. The van der Waals surface area contributed by atoms with Crippen LogP contribution in [-0.2, 0) is 0 Å². The number of hydrogen-bond acceptors (Lipinski definition) is 0. The molecule has 0 aliphatic heterocycles. The summed E-state index contributed by atoms with van der Waals surface area (Å²) in [7, 11) is 0. The molecule has 0 aromatic heterocycles. The van der Waals surface area contributed by atoms with E-state index in [4.69, 9.17) is 11.6 Å². The zero-order valence-corrected chi connectivity index (χ0v) is 11.2. The molecular formula is C14H25Cl. The van der Waals surface area contributed by atoms with Gasteiger partial charge in [-0.25, -0.2) is 0 Å². The predicted molar refractivity (Wildman–Crippen MR) is 67.2 cm³/mol. The monoisotopic (exact) mass is 228 g/mol. The van der Waals surface area contributed by atoms with Crippen molar-refractivity contribution in [2.75, 3.05) is 5.88 Å². The smallest absolute Gasteiger partial charge is 0.0256 e. The SMILES string of the molecule is CC(C)(C)C(CCl)CC1CC2CCC1C2. The van der Waals surface area contributed by atoms with Crippen LogP contribution >= 0.6 is 11.6 Å². The van der Waals surface area contributed by atoms with Crippen molar-refractivity contribution in [2.45, 2.75) is 52.9 Å². The van der Waals surface area contributed by atoms with Crippen molar-refractivity contribution in [1.82, 2.24) is 0 Å². The maximum absolute atomic E-state index is 6.13. The number of fused-ring (bicyclic) bond motifs is 2. The van der Waals surface area contributed by atoms with Gasteiger partial charge in [0, 0.05) is 5.88 Å². The molecule has 0 nitrogen and oxygen atoms in total. The van der Waals surface area contributed by atoms with Crippen molar-refractivity contribution in [2.24, 2.45) is 29.1 Å². The van der Waals surface area contributed by atoms with Crippen LogP contribution in [0, 0.1) is 29.1 Å². The first-order valence-corrected chi connectivity index (χ1v) is 7.10. The number of halogens is 1. The van der Waals surface area contributed by atoms with E-state index >= 15 is 0 Å². The van der Waals surface area contributed by atoms with E-state index in [1.807, 2.05) is 0 Å². The second-order valence-electron chi connectivity index (χ2n) is 6.89. The fourth-order valence-electron chi connectivity index (χ4n) is 3.68. The fraction of sp³-hybridized carbons (Fsp3) is 1.00. The highest BCUT2D eigenvalue weighted by Crippen LogP contribution is 2.51. The van der Waals surface area contributed by atoms with E-state index in [-0.39, 0.29) is 0 Å². The minimum atomic E-state index is 0.392. The van der Waals surface area contributed by atoms with Crippen LogP contribution in [0.1, 0.15) is 52.9 Å². The van der Waals surface area contributed by atoms with E-state index in [1.165, 1.54) is 32.1 Å². The third-order valence-electron chi connectivity index (χ3n) is 4.88. The molecule has 0 amide bonds. The van der Waals surface area contributed by atoms with Gasteiger partial charge in [0.05, 0.1) is 0 Å². The quantitative estimate of drug-likeness (QED) is 0.614. The molecule has 2 aliphatic rings. The molecule has 15 heavy (non-hydrogen) atoms. The van der Waals surface area contributed by atoms with Gasteiger partial charge in [-0.05, 0) is 54.8 Å². The van der Waals surface area contributed by atoms with Crippen molar-refractivity contribution in [3.05, 3.63) is 0 Å². The van der Waals surface area contributed by atoms with Gasteiger partial charge in [0.15, 0.2) is 0 Å². The molecule has 0 heterocycles. The number of rotatable bonds is 3. The van der Waals surface area contributed by atoms with Crippen molar-refractivity contribution in [3.8, 4) is 0 Å². The second-order valence-corrected chi connectivity index (χ2v) is 7.20. The molecule has 2 rings (SSSR count). The normalized spacial score (nSPS) is 37.2. The van der Waals surface area contributed by atoms with E-state index in [9.17, 15) is 0 Å². The van der Waals surface area contributed by atoms with E-state index in [0.717, 1.165) is 23.6 Å². The summed E-state index contributed by atoms with van der Waals surface area (Å²) in [6, 6.07) is 0. The van der Waals surface area contributed by atoms with Crippen LogP contribution in [0.3, 0.4) is 0 Å². The molecule has 0 spiro atoms. The summed E-state index contributed by atoms with van der Waals surface area (Å²) in [6.45, 7) is 7.02. The highest BCUT2D eigenvalue weighted by atomic mass is 35.5. The zero-order chi connectivity index (χ0) is 11.1. The van der Waals surface area contributed by atoms with Crippen LogP contribution < -0.4 is 0 Å². The first kappa shape index (κ1) is 11.8. The fourth-order valence-corrected chi connectivity index (χ4v) is 4.27. The molecule has 0 aromatic rings. The molecule has 1 heteroatoms. The van der Waals surface area contributed by atoms with Crippen LogP contribution in [-0.4, -0.2) is 5.88 Å². The zero-order valence-electron chi connectivity index (χ0n) is 10.4. The van der Waals surface area contributed by atoms with Crippen LogP contribution in [0.4, 0.5) is 0 Å². The third-order valence-corrected chi connectivity index (χ3v) is 5.26. The lowest BCUT2D eigenvalue weighted by Gasteiger charge is -2.33. The largest absolute Gasteiger partial charge is 0.126 e. The summed E-state index contributed by atoms with van der Waals surface area (Å²) < 4.78 is 0. The highest BCUT2D eigenvalue weighted by Gasteiger charge is 2.41. The second kappa shape index (κ2) is 4.28. The van der Waals surface area contributed by atoms with Crippen molar-refractivity contribution < 1.29 is 0 Å². The summed E-state index contributed by atoms with van der Waals surface area (Å²) in [5.74, 6) is 4.70. The Bertz CT molecular complexity index is 216. The molecule has 2 fully saturated rings. The van der Waals surface area contributed by atoms with Gasteiger partial charge in [0.2, 0.25) is 0 Å². The topological polar surface area (TPSA) is 0 Å². The predicted octanol–water partition coefficient (Wildman–Crippen LogP) is 4.71. The standard InChI is InChI=1S/C14H25Cl/c1-14(2,3)13(9-15)8-12-7-10-4-5-11(12)6-10/h10-13H,4-9H2,1-3H3. The van der Waals surface area contributed by atoms with Gasteiger partial charge >= 0.3 is 0 Å². The Morgan fingerprint density at radius 1 is 1.20 bits per heavy atom. The lowest BCUT2D eigenvalue weighted by atomic mass is 9.73. The third kappa shape index (κ3) is 2.52. The van der Waals surface area contributed by atoms with Crippen LogP contribution in [0.15, 0.2) is 0 Å². The van der Waals surface area contributed by atoms with Gasteiger partial charge in [-0.1, -0.05) is 27.2 Å². The van der Waals surface area contributed by atoms with Gasteiger partial charge in [0.1, 0.15) is 0 Å². The first-order chi connectivity index (χ1) is 7.00. The summed E-state index contributed by atoms with van der Waals surface area (Å²) in [4.78, 5) is 0. The molecule has 2 bridgehead atoms. The Hall–Kier alpha value is 0.290. The Morgan fingerprint density at radius 2 is 1.93 bits per heavy atom. The molecule has 4 unspecified atom stereocenters. The van der Waals surface area contributed by atoms with Crippen molar-refractivity contribution in [3.63, 3.8) is 0 Å². The maximum atomic E-state index is 6.13. The molecular weight excluding hydrogens is 204 g/mol. The average molecular weight is 229 g/mol. The molecule has 2 saturated carbocycles. The van der Waals surface area contributed by atoms with Gasteiger partial charge in [-0.3, -0.25) is 0 Å². The van der Waals surface area contributed by atoms with E-state index < -0.39 is 0 Å². The van der Waals surface area contributed by atoms with Crippen LogP contribution in [0.25, 0.3) is 0 Å². The molecule has 0 saturated heterocycles. The number of alkyl halides is 1. The molecule has 0 N–H and O–H groups in total. The van der Waals surface area contributed by atoms with Crippen LogP contribution in [0.5, 0.6) is 0 Å². The van der Waals surface area contributed by atoms with Gasteiger partial charge in [0.25, 0.3) is 0 Å². The number of hydrogen-bond donors (Lipinski definition) is 0. The summed E-state index contributed by atoms with van der Waals surface area (Å²) in [6.07, 6.45) is 7.45. The lowest BCUT2D eigenvalue weighted by molar-refractivity contribution is 0.184. The average Bonchev–Trinajstić information content (AvgIpc) is 2.72. The summed E-state index contributed by atoms with van der Waals surface area (Å²) in [5, 5.41) is 0. The Kier molecular flexibility index (Phi) is 3.36. The van der Waals surface area contributed by atoms with E-state index in [2.05, 4.69) is 20.8 Å². The lowest BCUT2D eigenvalue weighted by Crippen LogP contribution is -2.26. The van der Waals surface area contributed by atoms with E-state index in [0.29, 0.717) is 11.3 Å². The van der Waals surface area contributed by atoms with Gasteiger partial charge < -0.3 is 0 Å². The van der Waals surface area contributed by atoms with E-state index in [1.54, 1.807) is 0 Å². The van der Waals surface area contributed by atoms with Gasteiger partial charge in [-0.2, -0.15) is 0 Å². The minimum Gasteiger partial charge on any atom is -0.126 e. The maximum Gasteiger partial charge on any atom is 0.0256 e. The molecule has 0 aromatic carbocycles. The Labute approximate surface area is 99.8 Å². The van der Waals surface area contributed by atoms with Crippen molar-refractivity contribution >= 4 is 11.6 Å². The highest BCUT2D eigenvalue weighted by molar-refractivity contribution is 6.18. The van der Waals surface area contributed by atoms with Crippen molar-refractivity contribution in [1.29, 1.82) is 0 Å². The molecule has 88 valence electrons. The molecule has 2 aliphatic carbocycles. The Balaban J connectivity index is 1.90. The Morgan fingerprint density at radius 3 is 2.33 bits per heavy atom. The molecule has 4 atom stereocenters. The van der Waals surface area contributed by atoms with Crippen LogP contribution in [0.2, 0.25) is 0 Å². The van der Waals surface area contributed by atoms with Gasteiger partial charge in [-0.15, -0.1) is 11.6 Å². The molecule has 0 radical (unpaired) electrons.